The van der Waals surface area contributed by atoms with Crippen molar-refractivity contribution in [2.24, 2.45) is 0 Å². The van der Waals surface area contributed by atoms with Crippen LogP contribution in [0.15, 0.2) is 0 Å². The van der Waals surface area contributed by atoms with Gasteiger partial charge >= 0.3 is 39.5 Å². The Balaban J connectivity index is 2.81. The Bertz CT molecular complexity index is 2500. The first-order valence-corrected chi connectivity index (χ1v) is 46.8. The van der Waals surface area contributed by atoms with E-state index in [2.05, 4.69) is 52.2 Å². The van der Waals surface area contributed by atoms with Crippen molar-refractivity contribution in [3.05, 3.63) is 0 Å². The second-order valence-electron chi connectivity index (χ2n) is 31.3. The van der Waals surface area contributed by atoms with Gasteiger partial charge in [0, 0.05) is 12.8 Å². The van der Waals surface area contributed by atoms with Crippen molar-refractivity contribution in [3.8, 4) is 0 Å². The number of rotatable bonds is 72. The van der Waals surface area contributed by atoms with Crippen LogP contribution in [0, 0.1) is 0 Å². The second-order valence-corrected chi connectivity index (χ2v) is 33.7. The molecule has 2 aliphatic heterocycles. The molecule has 0 bridgehead atoms. The number of aliphatic hydroxyl groups excluding tert-OH is 4. The lowest BCUT2D eigenvalue weighted by molar-refractivity contribution is -0.296. The van der Waals surface area contributed by atoms with Gasteiger partial charge in [0.25, 0.3) is 0 Å². The largest absolute Gasteiger partial charge is 0.472 e. The van der Waals surface area contributed by atoms with Gasteiger partial charge in [0.05, 0.1) is 51.1 Å². The van der Waals surface area contributed by atoms with Gasteiger partial charge in [0.2, 0.25) is 11.8 Å². The number of hydrogen-bond donors (Lipinski definition) is 10. The Morgan fingerprint density at radius 2 is 0.676 bits per heavy atom. The SMILES string of the molecule is CCCCCCCCCCCC(=O)O[C@H](CCCCCCCCC)CC(=O)N[C@H]1[C@H](OC[C@H]2O[C@H](OP(=O)(O)O)[C@H](NC(=O)C[C@@H](CCCCCCCCC)OC(=O)CCCCCCCCC)[C@@H](OC(=O)C[C@H](O)CCCCCCCCC)[C@@H]2O)O[C@H](CO)[C@@H](OP(=O)(O)O)[C@@H]1OC(=O)C[C@H](O)CCCCCCCCC. The number of carbonyl (C=O) groups is 6. The number of carbonyl (C=O) groups excluding carboxylic acids is 6. The molecular weight excluding hydrogens is 1470 g/mol. The van der Waals surface area contributed by atoms with Crippen LogP contribution in [0.1, 0.15) is 388 Å². The quantitative estimate of drug-likeness (QED) is 0.0117. The molecule has 27 nitrogen and oxygen atoms in total. The van der Waals surface area contributed by atoms with Crippen LogP contribution in [0.25, 0.3) is 0 Å². The molecule has 0 radical (unpaired) electrons. The molecule has 0 saturated carbocycles. The number of phosphoric acid groups is 2. The van der Waals surface area contributed by atoms with E-state index in [0.717, 1.165) is 231 Å². The van der Waals surface area contributed by atoms with Crippen molar-refractivity contribution in [1.29, 1.82) is 0 Å². The second kappa shape index (κ2) is 64.8. The molecule has 0 unspecified atom stereocenters. The standard InChI is InChI=1S/C82H154N2O25P2/c1-7-13-19-25-31-32-38-44-50-56-72(91)103-66(54-48-42-36-29-23-17-11-5)60-70(89)84-76-80(107-74(93)58-64(87)52-46-40-34-27-21-15-9-3)78(108-110(95,96)97)67(61-85)104-81(76)101-62-68-77(94)79(106-73(92)57-63(86)51-45-39-33-26-20-14-8-2)75(82(105-68)109-111(98,99)100)83-69(88)59-65(53-47-41-35-28-22-16-10-4)102-71(90)55-49-43-37-30-24-18-12-6/h63-68,75-82,85-87,94H,7-62H2,1-6H3,(H,83,88)(H,84,89)(H2,95,96,97)(H2,98,99,100)/t63-,64-,65-,66-,67-,68-,75-,76-,77-,78-,79-,80-,81-,82-/m1/s1. The van der Waals surface area contributed by atoms with Crippen LogP contribution in [0.4, 0.5) is 0 Å². The average Bonchev–Trinajstić information content (AvgIpc) is 0.786. The molecule has 0 aliphatic carbocycles. The lowest BCUT2D eigenvalue weighted by Gasteiger charge is -2.47. The minimum absolute atomic E-state index is 0.0874. The van der Waals surface area contributed by atoms with Crippen LogP contribution < -0.4 is 10.6 Å². The van der Waals surface area contributed by atoms with Crippen LogP contribution in [0.5, 0.6) is 0 Å². The lowest BCUT2D eigenvalue weighted by Crippen LogP contribution is -2.68. The fourth-order valence-corrected chi connectivity index (χ4v) is 15.5. The van der Waals surface area contributed by atoms with Crippen molar-refractivity contribution in [3.63, 3.8) is 0 Å². The molecule has 29 heteroatoms. The molecule has 2 amide bonds. The first-order chi connectivity index (χ1) is 53.3. The molecule has 2 heterocycles. The predicted octanol–water partition coefficient (Wildman–Crippen LogP) is 15.9. The number of aliphatic hydroxyl groups is 4. The zero-order chi connectivity index (χ0) is 81.9. The van der Waals surface area contributed by atoms with Gasteiger partial charge in [-0.3, -0.25) is 37.8 Å². The zero-order valence-electron chi connectivity index (χ0n) is 69.1. The molecule has 2 aliphatic rings. The minimum Gasteiger partial charge on any atom is -0.462 e. The van der Waals surface area contributed by atoms with Gasteiger partial charge < -0.3 is 83.8 Å². The smallest absolute Gasteiger partial charge is 0.462 e. The van der Waals surface area contributed by atoms with Crippen molar-refractivity contribution >= 4 is 51.3 Å². The maximum absolute atomic E-state index is 14.9. The summed E-state index contributed by atoms with van der Waals surface area (Å²) in [4.78, 5) is 127. The third-order valence-corrected chi connectivity index (χ3v) is 21.9. The van der Waals surface area contributed by atoms with Gasteiger partial charge in [-0.05, 0) is 51.4 Å². The number of phosphoric ester groups is 2. The minimum atomic E-state index is -5.70. The van der Waals surface area contributed by atoms with Gasteiger partial charge in [-0.2, -0.15) is 0 Å². The Labute approximate surface area is 666 Å². The van der Waals surface area contributed by atoms with Crippen LogP contribution in [-0.2, 0) is 80.1 Å². The number of esters is 4. The molecule has 2 saturated heterocycles. The van der Waals surface area contributed by atoms with E-state index in [1.165, 1.54) is 12.8 Å². The van der Waals surface area contributed by atoms with Crippen molar-refractivity contribution in [2.45, 2.75) is 474 Å². The van der Waals surface area contributed by atoms with E-state index in [1.54, 1.807) is 0 Å². The van der Waals surface area contributed by atoms with E-state index in [1.807, 2.05) is 0 Å². The summed E-state index contributed by atoms with van der Waals surface area (Å²) >= 11 is 0. The number of hydrogen-bond acceptors (Lipinski definition) is 21. The summed E-state index contributed by atoms with van der Waals surface area (Å²) in [5.74, 6) is -5.06. The van der Waals surface area contributed by atoms with Crippen molar-refractivity contribution in [2.75, 3.05) is 13.2 Å². The number of unbranched alkanes of at least 4 members (excludes halogenated alkanes) is 38. The van der Waals surface area contributed by atoms with Gasteiger partial charge in [-0.25, -0.2) is 9.13 Å². The molecule has 2 fully saturated rings. The number of ether oxygens (including phenoxy) is 7. The molecule has 0 aromatic carbocycles. The Morgan fingerprint density at radius 3 is 1.02 bits per heavy atom. The van der Waals surface area contributed by atoms with Gasteiger partial charge in [-0.1, -0.05) is 298 Å². The highest BCUT2D eigenvalue weighted by Gasteiger charge is 2.55. The highest BCUT2D eigenvalue weighted by atomic mass is 31.2. The van der Waals surface area contributed by atoms with E-state index < -0.39 is 176 Å². The summed E-state index contributed by atoms with van der Waals surface area (Å²) in [6, 6.07) is -3.86. The fourth-order valence-electron chi connectivity index (χ4n) is 14.5. The molecule has 14 atom stereocenters. The fraction of sp³-hybridized carbons (Fsp3) is 0.927. The maximum Gasteiger partial charge on any atom is 0.472 e. The van der Waals surface area contributed by atoms with Gasteiger partial charge in [0.15, 0.2) is 24.8 Å². The molecule has 111 heavy (non-hydrogen) atoms. The topological polar surface area (TPSA) is 406 Å². The first kappa shape index (κ1) is 104. The summed E-state index contributed by atoms with van der Waals surface area (Å²) in [6.45, 7) is 10.6. The summed E-state index contributed by atoms with van der Waals surface area (Å²) in [6.07, 6.45) is 19.2. The Kier molecular flexibility index (Phi) is 60.6. The summed E-state index contributed by atoms with van der Waals surface area (Å²) in [5, 5.41) is 51.3. The van der Waals surface area contributed by atoms with E-state index in [4.69, 9.17) is 42.2 Å². The van der Waals surface area contributed by atoms with Crippen LogP contribution in [0.3, 0.4) is 0 Å². The van der Waals surface area contributed by atoms with Crippen LogP contribution in [-0.4, -0.2) is 175 Å². The number of nitrogens with one attached hydrogen (secondary N) is 2. The first-order valence-electron chi connectivity index (χ1n) is 43.7. The molecule has 0 aromatic rings. The predicted molar refractivity (Wildman–Crippen MR) is 425 cm³/mol. The number of amides is 2. The molecular formula is C82H154N2O25P2. The summed E-state index contributed by atoms with van der Waals surface area (Å²) in [7, 11) is -11.3. The maximum atomic E-state index is 14.9. The highest BCUT2D eigenvalue weighted by Crippen LogP contribution is 2.44. The average molecular weight is 1630 g/mol. The Morgan fingerprint density at radius 1 is 0.369 bits per heavy atom. The zero-order valence-corrected chi connectivity index (χ0v) is 70.9. The molecule has 2 rings (SSSR count). The summed E-state index contributed by atoms with van der Waals surface area (Å²) < 4.78 is 79.0. The van der Waals surface area contributed by atoms with E-state index in [0.29, 0.717) is 38.5 Å². The van der Waals surface area contributed by atoms with Gasteiger partial charge in [0.1, 0.15) is 48.7 Å². The van der Waals surface area contributed by atoms with Crippen LogP contribution >= 0.6 is 15.6 Å². The third kappa shape index (κ3) is 52.2. The van der Waals surface area contributed by atoms with Crippen molar-refractivity contribution in [1.82, 2.24) is 10.6 Å². The van der Waals surface area contributed by atoms with E-state index in [-0.39, 0.29) is 38.5 Å². The Hall–Kier alpha value is -3.24. The molecule has 652 valence electrons. The van der Waals surface area contributed by atoms with Gasteiger partial charge in [-0.15, -0.1) is 0 Å². The van der Waals surface area contributed by atoms with E-state index >= 15 is 0 Å². The van der Waals surface area contributed by atoms with E-state index in [9.17, 15) is 77.9 Å². The summed E-state index contributed by atoms with van der Waals surface area (Å²) in [5.41, 5.74) is 0. The third-order valence-electron chi connectivity index (χ3n) is 20.9. The van der Waals surface area contributed by atoms with Crippen LogP contribution in [0.2, 0.25) is 0 Å². The molecule has 0 aromatic heterocycles. The highest BCUT2D eigenvalue weighted by molar-refractivity contribution is 7.46. The lowest BCUT2D eigenvalue weighted by atomic mass is 9.95. The normalized spacial score (nSPS) is 21.3. The molecule has 10 N–H and O–H groups in total. The molecule has 0 spiro atoms. The van der Waals surface area contributed by atoms with Crippen molar-refractivity contribution < 1.29 is 120 Å². The monoisotopic (exact) mass is 1630 g/mol.